The molecule has 0 aromatic carbocycles. The molecule has 0 bridgehead atoms. The number of hydrogen-bond donors (Lipinski definition) is 2. The Morgan fingerprint density at radius 2 is 2.08 bits per heavy atom. The molecule has 1 aromatic heterocycles. The maximum absolute atomic E-state index is 5.48. The molecule has 1 fully saturated rings. The highest BCUT2D eigenvalue weighted by molar-refractivity contribution is 14.0. The van der Waals surface area contributed by atoms with Crippen LogP contribution in [0.2, 0.25) is 0 Å². The van der Waals surface area contributed by atoms with E-state index in [0.717, 1.165) is 45.4 Å². The zero-order valence-corrected chi connectivity index (χ0v) is 18.1. The number of halogens is 1. The van der Waals surface area contributed by atoms with Gasteiger partial charge in [0.15, 0.2) is 5.96 Å². The molecule has 0 saturated carbocycles. The molecule has 2 N–H and O–H groups in total. The summed E-state index contributed by atoms with van der Waals surface area (Å²) in [5.74, 6) is 1.56. The molecular weight excluding hydrogens is 435 g/mol. The highest BCUT2D eigenvalue weighted by atomic mass is 127. The molecule has 0 spiro atoms. The predicted octanol–water partition coefficient (Wildman–Crippen LogP) is 2.78. The summed E-state index contributed by atoms with van der Waals surface area (Å²) in [7, 11) is 1.83. The van der Waals surface area contributed by atoms with Gasteiger partial charge in [0.05, 0.1) is 13.2 Å². The van der Waals surface area contributed by atoms with Crippen molar-refractivity contribution in [3.63, 3.8) is 0 Å². The molecule has 2 heterocycles. The Morgan fingerprint density at radius 3 is 2.67 bits per heavy atom. The molecule has 0 amide bonds. The van der Waals surface area contributed by atoms with E-state index in [4.69, 9.17) is 4.74 Å². The van der Waals surface area contributed by atoms with Crippen molar-refractivity contribution in [2.75, 3.05) is 39.9 Å². The smallest absolute Gasteiger partial charge is 0.191 e. The summed E-state index contributed by atoms with van der Waals surface area (Å²) in [5.41, 5.74) is 1.30. The summed E-state index contributed by atoms with van der Waals surface area (Å²) in [6, 6.07) is 2.67. The number of aliphatic imine (C=N–C) groups is 1. The number of morpholine rings is 1. The number of rotatable bonds is 7. The first-order valence-electron chi connectivity index (χ1n) is 8.46. The highest BCUT2D eigenvalue weighted by Gasteiger charge is 2.22. The van der Waals surface area contributed by atoms with E-state index in [1.807, 2.05) is 7.05 Å². The molecule has 1 unspecified atom stereocenters. The van der Waals surface area contributed by atoms with Crippen molar-refractivity contribution >= 4 is 41.3 Å². The van der Waals surface area contributed by atoms with Crippen LogP contribution >= 0.6 is 35.3 Å². The number of nitrogens with zero attached hydrogens (tertiary/aromatic N) is 2. The van der Waals surface area contributed by atoms with Crippen molar-refractivity contribution in [3.05, 3.63) is 22.4 Å². The second-order valence-corrected chi connectivity index (χ2v) is 7.15. The van der Waals surface area contributed by atoms with Gasteiger partial charge >= 0.3 is 0 Å². The largest absolute Gasteiger partial charge is 0.379 e. The van der Waals surface area contributed by atoms with Gasteiger partial charge in [-0.1, -0.05) is 13.8 Å². The average Bonchev–Trinajstić information content (AvgIpc) is 3.07. The zero-order valence-electron chi connectivity index (χ0n) is 15.0. The molecule has 1 aliphatic heterocycles. The van der Waals surface area contributed by atoms with Crippen molar-refractivity contribution in [2.45, 2.75) is 32.9 Å². The van der Waals surface area contributed by atoms with Crippen LogP contribution in [0.25, 0.3) is 0 Å². The van der Waals surface area contributed by atoms with Gasteiger partial charge in [0, 0.05) is 39.3 Å². The zero-order chi connectivity index (χ0) is 16.5. The van der Waals surface area contributed by atoms with Crippen LogP contribution in [0.5, 0.6) is 0 Å². The minimum atomic E-state index is 0. The number of guanidine groups is 1. The second-order valence-electron chi connectivity index (χ2n) is 6.37. The normalized spacial score (nSPS) is 17.4. The van der Waals surface area contributed by atoms with Gasteiger partial charge in [-0.2, -0.15) is 11.3 Å². The van der Waals surface area contributed by atoms with Gasteiger partial charge in [-0.05, 0) is 34.7 Å². The summed E-state index contributed by atoms with van der Waals surface area (Å²) in [6.45, 7) is 10.1. The SMILES string of the molecule is CN=C(NCc1ccsc1)NCC(CC(C)C)N1CCOCC1.I. The third kappa shape index (κ3) is 7.67. The fourth-order valence-electron chi connectivity index (χ4n) is 2.86. The molecule has 1 saturated heterocycles. The van der Waals surface area contributed by atoms with Crippen LogP contribution in [0.3, 0.4) is 0 Å². The van der Waals surface area contributed by atoms with Crippen molar-refractivity contribution < 1.29 is 4.74 Å². The minimum Gasteiger partial charge on any atom is -0.379 e. The Hall–Kier alpha value is -0.380. The first kappa shape index (κ1) is 21.7. The molecule has 5 nitrogen and oxygen atoms in total. The number of ether oxygens (including phenoxy) is 1. The summed E-state index contributed by atoms with van der Waals surface area (Å²) in [4.78, 5) is 6.88. The van der Waals surface area contributed by atoms with E-state index >= 15 is 0 Å². The Morgan fingerprint density at radius 1 is 1.33 bits per heavy atom. The van der Waals surface area contributed by atoms with Crippen LogP contribution in [-0.2, 0) is 11.3 Å². The molecule has 1 aromatic rings. The van der Waals surface area contributed by atoms with Crippen LogP contribution in [-0.4, -0.2) is 56.8 Å². The Kier molecular flexibility index (Phi) is 10.9. The van der Waals surface area contributed by atoms with Crippen LogP contribution < -0.4 is 10.6 Å². The molecule has 138 valence electrons. The van der Waals surface area contributed by atoms with Crippen LogP contribution in [0.1, 0.15) is 25.8 Å². The first-order valence-corrected chi connectivity index (χ1v) is 9.40. The van der Waals surface area contributed by atoms with Crippen LogP contribution in [0.15, 0.2) is 21.8 Å². The maximum Gasteiger partial charge on any atom is 0.191 e. The van der Waals surface area contributed by atoms with Gasteiger partial charge in [0.2, 0.25) is 0 Å². The molecular formula is C17H31IN4OS. The van der Waals surface area contributed by atoms with E-state index in [2.05, 4.69) is 51.2 Å². The van der Waals surface area contributed by atoms with E-state index in [1.54, 1.807) is 11.3 Å². The Balaban J connectivity index is 0.00000288. The van der Waals surface area contributed by atoms with Gasteiger partial charge in [-0.3, -0.25) is 9.89 Å². The quantitative estimate of drug-likeness (QED) is 0.369. The lowest BCUT2D eigenvalue weighted by Gasteiger charge is -2.35. The van der Waals surface area contributed by atoms with E-state index in [-0.39, 0.29) is 24.0 Å². The molecule has 0 aliphatic carbocycles. The van der Waals surface area contributed by atoms with Gasteiger partial charge in [0.25, 0.3) is 0 Å². The summed E-state index contributed by atoms with van der Waals surface area (Å²) < 4.78 is 5.48. The molecule has 1 atom stereocenters. The van der Waals surface area contributed by atoms with E-state index in [1.165, 1.54) is 12.0 Å². The summed E-state index contributed by atoms with van der Waals surface area (Å²) in [6.07, 6.45) is 1.19. The molecule has 7 heteroatoms. The van der Waals surface area contributed by atoms with E-state index < -0.39 is 0 Å². The van der Waals surface area contributed by atoms with Crippen LogP contribution in [0.4, 0.5) is 0 Å². The van der Waals surface area contributed by atoms with Crippen molar-refractivity contribution in [1.82, 2.24) is 15.5 Å². The van der Waals surface area contributed by atoms with Gasteiger partial charge < -0.3 is 15.4 Å². The Bertz CT molecular complexity index is 461. The van der Waals surface area contributed by atoms with Crippen molar-refractivity contribution in [2.24, 2.45) is 10.9 Å². The topological polar surface area (TPSA) is 48.9 Å². The monoisotopic (exact) mass is 466 g/mol. The fraction of sp³-hybridized carbons (Fsp3) is 0.706. The van der Waals surface area contributed by atoms with Gasteiger partial charge in [-0.15, -0.1) is 24.0 Å². The molecule has 24 heavy (non-hydrogen) atoms. The highest BCUT2D eigenvalue weighted by Crippen LogP contribution is 2.13. The fourth-order valence-corrected chi connectivity index (χ4v) is 3.53. The molecule has 1 aliphatic rings. The van der Waals surface area contributed by atoms with Crippen molar-refractivity contribution in [1.29, 1.82) is 0 Å². The van der Waals surface area contributed by atoms with Gasteiger partial charge in [0.1, 0.15) is 0 Å². The lowest BCUT2D eigenvalue weighted by atomic mass is 10.0. The first-order chi connectivity index (χ1) is 11.2. The molecule has 0 radical (unpaired) electrons. The third-order valence-corrected chi connectivity index (χ3v) is 4.81. The standard InChI is InChI=1S/C17H30N4OS.HI/c1-14(2)10-16(21-5-7-22-8-6-21)12-20-17(18-3)19-11-15-4-9-23-13-15;/h4,9,13-14,16H,5-8,10-12H2,1-3H3,(H2,18,19,20);1H. The number of nitrogens with one attached hydrogen (secondary N) is 2. The van der Waals surface area contributed by atoms with E-state index in [9.17, 15) is 0 Å². The third-order valence-electron chi connectivity index (χ3n) is 4.07. The maximum atomic E-state index is 5.48. The molecule has 2 rings (SSSR count). The lowest BCUT2D eigenvalue weighted by molar-refractivity contribution is 0.0132. The predicted molar refractivity (Wildman–Crippen MR) is 114 cm³/mol. The average molecular weight is 466 g/mol. The minimum absolute atomic E-state index is 0. The lowest BCUT2D eigenvalue weighted by Crippen LogP contribution is -2.50. The number of thiophene rings is 1. The Labute approximate surface area is 167 Å². The summed E-state index contributed by atoms with van der Waals surface area (Å²) in [5, 5.41) is 11.1. The number of hydrogen-bond acceptors (Lipinski definition) is 4. The van der Waals surface area contributed by atoms with E-state index in [0.29, 0.717) is 12.0 Å². The van der Waals surface area contributed by atoms with Gasteiger partial charge in [-0.25, -0.2) is 0 Å². The second kappa shape index (κ2) is 12.1. The van der Waals surface area contributed by atoms with Crippen molar-refractivity contribution in [3.8, 4) is 0 Å². The van der Waals surface area contributed by atoms with Crippen LogP contribution in [0, 0.1) is 5.92 Å². The summed E-state index contributed by atoms with van der Waals surface area (Å²) >= 11 is 1.72.